The minimum atomic E-state index is -0.245. The third kappa shape index (κ3) is 5.62. The van der Waals surface area contributed by atoms with Gasteiger partial charge in [-0.05, 0) is 61.7 Å². The number of carbonyl (C=O) groups excluding carboxylic acids is 1. The number of anilines is 1. The van der Waals surface area contributed by atoms with Crippen molar-refractivity contribution in [2.45, 2.75) is 25.9 Å². The van der Waals surface area contributed by atoms with Crippen molar-refractivity contribution in [3.63, 3.8) is 0 Å². The average Bonchev–Trinajstić information content (AvgIpc) is 3.20. The minimum absolute atomic E-state index is 0.101. The van der Waals surface area contributed by atoms with Crippen LogP contribution in [-0.4, -0.2) is 38.9 Å². The average molecular weight is 371 g/mol. The Morgan fingerprint density at radius 3 is 2.67 bits per heavy atom. The zero-order valence-corrected chi connectivity index (χ0v) is 15.7. The Morgan fingerprint density at radius 1 is 1.15 bits per heavy atom. The summed E-state index contributed by atoms with van der Waals surface area (Å²) in [7, 11) is 1.57. The Balaban J connectivity index is 1.46. The lowest BCUT2D eigenvalue weighted by Crippen LogP contribution is -2.20. The Kier molecular flexibility index (Phi) is 6.54. The summed E-state index contributed by atoms with van der Waals surface area (Å²) in [5.41, 5.74) is 1.74. The molecule has 0 radical (unpaired) electrons. The van der Waals surface area contributed by atoms with E-state index in [0.29, 0.717) is 23.8 Å². The lowest BCUT2D eigenvalue weighted by molar-refractivity contribution is -0.118. The molecule has 2 aromatic rings. The smallest absolute Gasteiger partial charge is 0.262 e. The second-order valence-corrected chi connectivity index (χ2v) is 6.46. The third-order valence-corrected chi connectivity index (χ3v) is 4.28. The molecule has 6 nitrogen and oxygen atoms in total. The Hall–Kier alpha value is -2.73. The maximum Gasteiger partial charge on any atom is 0.262 e. The van der Waals surface area contributed by atoms with E-state index in [1.54, 1.807) is 25.3 Å². The van der Waals surface area contributed by atoms with Crippen molar-refractivity contribution in [1.29, 1.82) is 0 Å². The molecule has 1 atom stereocenters. The van der Waals surface area contributed by atoms with E-state index in [0.717, 1.165) is 30.8 Å². The molecular formula is C21H25NO5. The number of aryl methyl sites for hydroxylation is 1. The van der Waals surface area contributed by atoms with E-state index in [1.807, 2.05) is 31.2 Å². The molecule has 0 aromatic heterocycles. The standard InChI is InChI=1S/C21H25NO5/c1-15-5-10-19(20(12-15)24-2)27-14-21(23)22-16-6-8-17(9-7-16)26-13-18-4-3-11-25-18/h5-10,12,18H,3-4,11,13-14H2,1-2H3,(H,22,23). The van der Waals surface area contributed by atoms with Crippen LogP contribution < -0.4 is 19.5 Å². The normalized spacial score (nSPS) is 16.0. The van der Waals surface area contributed by atoms with Gasteiger partial charge in [0.1, 0.15) is 12.4 Å². The maximum atomic E-state index is 12.1. The molecule has 2 aromatic carbocycles. The number of nitrogens with one attached hydrogen (secondary N) is 1. The lowest BCUT2D eigenvalue weighted by atomic mass is 10.2. The summed E-state index contributed by atoms with van der Waals surface area (Å²) < 4.78 is 22.1. The molecule has 1 saturated heterocycles. The molecule has 1 amide bonds. The van der Waals surface area contributed by atoms with E-state index in [1.165, 1.54) is 0 Å². The predicted molar refractivity (Wildman–Crippen MR) is 103 cm³/mol. The zero-order valence-electron chi connectivity index (χ0n) is 15.7. The molecule has 27 heavy (non-hydrogen) atoms. The summed E-state index contributed by atoms with van der Waals surface area (Å²) in [5, 5.41) is 2.80. The van der Waals surface area contributed by atoms with Gasteiger partial charge < -0.3 is 24.3 Å². The van der Waals surface area contributed by atoms with Crippen molar-refractivity contribution >= 4 is 11.6 Å². The van der Waals surface area contributed by atoms with Crippen LogP contribution in [0.4, 0.5) is 5.69 Å². The summed E-state index contributed by atoms with van der Waals surface area (Å²) >= 11 is 0. The van der Waals surface area contributed by atoms with Gasteiger partial charge in [-0.25, -0.2) is 0 Å². The van der Waals surface area contributed by atoms with Crippen molar-refractivity contribution in [3.05, 3.63) is 48.0 Å². The van der Waals surface area contributed by atoms with Crippen molar-refractivity contribution in [2.75, 3.05) is 32.2 Å². The van der Waals surface area contributed by atoms with Crippen molar-refractivity contribution < 1.29 is 23.7 Å². The summed E-state index contributed by atoms with van der Waals surface area (Å²) in [4.78, 5) is 12.1. The lowest BCUT2D eigenvalue weighted by Gasteiger charge is -2.13. The van der Waals surface area contributed by atoms with Crippen LogP contribution in [0, 0.1) is 6.92 Å². The Bertz CT molecular complexity index is 754. The highest BCUT2D eigenvalue weighted by Crippen LogP contribution is 2.27. The van der Waals surface area contributed by atoms with E-state index < -0.39 is 0 Å². The first-order chi connectivity index (χ1) is 13.1. The van der Waals surface area contributed by atoms with E-state index in [9.17, 15) is 4.79 Å². The Labute approximate surface area is 159 Å². The first kappa shape index (κ1) is 19.0. The van der Waals surface area contributed by atoms with Gasteiger partial charge in [-0.15, -0.1) is 0 Å². The number of methoxy groups -OCH3 is 1. The summed E-state index contributed by atoms with van der Waals surface area (Å²) in [6, 6.07) is 12.8. The second kappa shape index (κ2) is 9.28. The number of benzene rings is 2. The summed E-state index contributed by atoms with van der Waals surface area (Å²) in [5.74, 6) is 1.65. The summed E-state index contributed by atoms with van der Waals surface area (Å²) in [6.45, 7) is 3.23. The molecule has 3 rings (SSSR count). The van der Waals surface area contributed by atoms with Gasteiger partial charge in [0, 0.05) is 12.3 Å². The van der Waals surface area contributed by atoms with E-state index >= 15 is 0 Å². The number of hydrogen-bond acceptors (Lipinski definition) is 5. The number of ether oxygens (including phenoxy) is 4. The van der Waals surface area contributed by atoms with Crippen LogP contribution in [0.3, 0.4) is 0 Å². The van der Waals surface area contributed by atoms with Crippen LogP contribution in [0.1, 0.15) is 18.4 Å². The van der Waals surface area contributed by atoms with Gasteiger partial charge in [-0.3, -0.25) is 4.79 Å². The van der Waals surface area contributed by atoms with Crippen molar-refractivity contribution in [1.82, 2.24) is 0 Å². The monoisotopic (exact) mass is 371 g/mol. The molecule has 6 heteroatoms. The molecule has 0 aliphatic carbocycles. The van der Waals surface area contributed by atoms with Gasteiger partial charge in [-0.2, -0.15) is 0 Å². The fraction of sp³-hybridized carbons (Fsp3) is 0.381. The van der Waals surface area contributed by atoms with E-state index in [2.05, 4.69) is 5.32 Å². The first-order valence-corrected chi connectivity index (χ1v) is 9.06. The molecule has 1 unspecified atom stereocenters. The van der Waals surface area contributed by atoms with Crippen molar-refractivity contribution in [2.24, 2.45) is 0 Å². The molecule has 1 aliphatic rings. The third-order valence-electron chi connectivity index (χ3n) is 4.28. The fourth-order valence-electron chi connectivity index (χ4n) is 2.83. The van der Waals surface area contributed by atoms with E-state index in [4.69, 9.17) is 18.9 Å². The van der Waals surface area contributed by atoms with Crippen LogP contribution in [-0.2, 0) is 9.53 Å². The molecule has 1 aliphatic heterocycles. The molecular weight excluding hydrogens is 346 g/mol. The Morgan fingerprint density at radius 2 is 1.96 bits per heavy atom. The van der Waals surface area contributed by atoms with Crippen LogP contribution in [0.25, 0.3) is 0 Å². The number of carbonyl (C=O) groups is 1. The molecule has 0 saturated carbocycles. The minimum Gasteiger partial charge on any atom is -0.493 e. The highest BCUT2D eigenvalue weighted by molar-refractivity contribution is 5.91. The molecule has 1 heterocycles. The van der Waals surface area contributed by atoms with Gasteiger partial charge in [0.05, 0.1) is 13.2 Å². The molecule has 1 N–H and O–H groups in total. The highest BCUT2D eigenvalue weighted by Gasteiger charge is 2.16. The zero-order chi connectivity index (χ0) is 19.1. The maximum absolute atomic E-state index is 12.1. The quantitative estimate of drug-likeness (QED) is 0.768. The van der Waals surface area contributed by atoms with Crippen LogP contribution in [0.5, 0.6) is 17.2 Å². The first-order valence-electron chi connectivity index (χ1n) is 9.06. The van der Waals surface area contributed by atoms with Crippen molar-refractivity contribution in [3.8, 4) is 17.2 Å². The van der Waals surface area contributed by atoms with Crippen LogP contribution in [0.15, 0.2) is 42.5 Å². The number of amides is 1. The second-order valence-electron chi connectivity index (χ2n) is 6.46. The number of rotatable bonds is 8. The van der Waals surface area contributed by atoms with Gasteiger partial charge in [0.25, 0.3) is 5.91 Å². The largest absolute Gasteiger partial charge is 0.493 e. The molecule has 0 bridgehead atoms. The highest BCUT2D eigenvalue weighted by atomic mass is 16.5. The van der Waals surface area contributed by atoms with Crippen LogP contribution in [0.2, 0.25) is 0 Å². The van der Waals surface area contributed by atoms with Crippen LogP contribution >= 0.6 is 0 Å². The number of hydrogen-bond donors (Lipinski definition) is 1. The molecule has 144 valence electrons. The van der Waals surface area contributed by atoms with Gasteiger partial charge in [0.2, 0.25) is 0 Å². The van der Waals surface area contributed by atoms with Gasteiger partial charge >= 0.3 is 0 Å². The fourth-order valence-corrected chi connectivity index (χ4v) is 2.83. The van der Waals surface area contributed by atoms with E-state index in [-0.39, 0.29) is 18.6 Å². The summed E-state index contributed by atoms with van der Waals surface area (Å²) in [6.07, 6.45) is 2.32. The predicted octanol–water partition coefficient (Wildman–Crippen LogP) is 3.58. The topological polar surface area (TPSA) is 66.0 Å². The SMILES string of the molecule is COc1cc(C)ccc1OCC(=O)Nc1ccc(OCC2CCCO2)cc1. The molecule has 1 fully saturated rings. The molecule has 0 spiro atoms. The van der Waals surface area contributed by atoms with Gasteiger partial charge in [-0.1, -0.05) is 6.07 Å². The van der Waals surface area contributed by atoms with Gasteiger partial charge in [0.15, 0.2) is 18.1 Å².